The van der Waals surface area contributed by atoms with Crippen LogP contribution in [0.2, 0.25) is 10.0 Å². The van der Waals surface area contributed by atoms with Crippen molar-refractivity contribution in [2.45, 2.75) is 0 Å². The molecular weight excluding hydrogens is 331 g/mol. The summed E-state index contributed by atoms with van der Waals surface area (Å²) < 4.78 is 0. The molecule has 0 bridgehead atoms. The van der Waals surface area contributed by atoms with Gasteiger partial charge in [-0.25, -0.2) is 0 Å². The van der Waals surface area contributed by atoms with Gasteiger partial charge >= 0.3 is 11.4 Å². The van der Waals surface area contributed by atoms with E-state index in [0.717, 1.165) is 0 Å². The lowest BCUT2D eigenvalue weighted by Gasteiger charge is -1.98. The molecule has 6 nitrogen and oxygen atoms in total. The Balaban J connectivity index is 2.58. The third-order valence-electron chi connectivity index (χ3n) is 2.67. The van der Waals surface area contributed by atoms with Crippen molar-refractivity contribution >= 4 is 34.6 Å². The SMILES string of the molecule is O=[N+]([O-])c1c(Cl)cccc1C#Cc1cccc(Cl)c1[N+](=O)[O-]. The van der Waals surface area contributed by atoms with Gasteiger partial charge in [0.05, 0.1) is 9.85 Å². The van der Waals surface area contributed by atoms with Crippen molar-refractivity contribution in [2.75, 3.05) is 0 Å². The second-order valence-electron chi connectivity index (χ2n) is 4.04. The highest BCUT2D eigenvalue weighted by molar-refractivity contribution is 6.33. The van der Waals surface area contributed by atoms with Crippen molar-refractivity contribution in [1.29, 1.82) is 0 Å². The van der Waals surface area contributed by atoms with Crippen LogP contribution in [0.1, 0.15) is 11.1 Å². The van der Waals surface area contributed by atoms with E-state index in [1.807, 2.05) is 0 Å². The number of nitrogens with zero attached hydrogens (tertiary/aromatic N) is 2. The van der Waals surface area contributed by atoms with Crippen LogP contribution in [0.4, 0.5) is 11.4 Å². The van der Waals surface area contributed by atoms with Crippen LogP contribution in [0.25, 0.3) is 0 Å². The number of benzene rings is 2. The van der Waals surface area contributed by atoms with Crippen LogP contribution in [0, 0.1) is 32.1 Å². The van der Waals surface area contributed by atoms with Gasteiger partial charge in [0.15, 0.2) is 0 Å². The Hall–Kier alpha value is -2.62. The summed E-state index contributed by atoms with van der Waals surface area (Å²) in [4.78, 5) is 20.7. The maximum absolute atomic E-state index is 11.0. The highest BCUT2D eigenvalue weighted by Crippen LogP contribution is 2.29. The van der Waals surface area contributed by atoms with Crippen LogP contribution in [0.3, 0.4) is 0 Å². The third-order valence-corrected chi connectivity index (χ3v) is 3.28. The van der Waals surface area contributed by atoms with Crippen LogP contribution < -0.4 is 0 Å². The second-order valence-corrected chi connectivity index (χ2v) is 4.85. The van der Waals surface area contributed by atoms with E-state index in [9.17, 15) is 20.2 Å². The van der Waals surface area contributed by atoms with Gasteiger partial charge in [-0.05, 0) is 24.3 Å². The summed E-state index contributed by atoms with van der Waals surface area (Å²) in [5.41, 5.74) is -0.568. The summed E-state index contributed by atoms with van der Waals surface area (Å²) in [7, 11) is 0. The van der Waals surface area contributed by atoms with E-state index in [2.05, 4.69) is 11.8 Å². The van der Waals surface area contributed by atoms with Crippen LogP contribution in [0.5, 0.6) is 0 Å². The van der Waals surface area contributed by atoms with Crippen LogP contribution >= 0.6 is 23.2 Å². The van der Waals surface area contributed by atoms with Gasteiger partial charge in [0.25, 0.3) is 0 Å². The number of halogens is 2. The molecule has 0 aromatic heterocycles. The minimum atomic E-state index is -0.654. The summed E-state index contributed by atoms with van der Waals surface area (Å²) >= 11 is 11.5. The average molecular weight is 337 g/mol. The lowest BCUT2D eigenvalue weighted by Crippen LogP contribution is -1.94. The van der Waals surface area contributed by atoms with Crippen LogP contribution in [-0.4, -0.2) is 9.85 Å². The summed E-state index contributed by atoms with van der Waals surface area (Å²) in [5.74, 6) is 5.07. The highest BCUT2D eigenvalue weighted by atomic mass is 35.5. The van der Waals surface area contributed by atoms with Gasteiger partial charge in [-0.3, -0.25) is 20.2 Å². The van der Waals surface area contributed by atoms with Gasteiger partial charge in [-0.1, -0.05) is 47.2 Å². The zero-order valence-electron chi connectivity index (χ0n) is 10.7. The van der Waals surface area contributed by atoms with Gasteiger partial charge in [0.2, 0.25) is 0 Å². The summed E-state index contributed by atoms with van der Waals surface area (Å²) in [6.45, 7) is 0. The molecule has 0 unspecified atom stereocenters. The monoisotopic (exact) mass is 336 g/mol. The van der Waals surface area contributed by atoms with E-state index in [1.165, 1.54) is 36.4 Å². The summed E-state index contributed by atoms with van der Waals surface area (Å²) in [5, 5.41) is 21.9. The van der Waals surface area contributed by atoms with Crippen LogP contribution in [-0.2, 0) is 0 Å². The molecule has 0 amide bonds. The van der Waals surface area contributed by atoms with Crippen molar-refractivity contribution in [3.05, 3.63) is 77.8 Å². The fourth-order valence-electron chi connectivity index (χ4n) is 1.74. The zero-order chi connectivity index (χ0) is 16.3. The lowest BCUT2D eigenvalue weighted by molar-refractivity contribution is -0.385. The molecule has 0 radical (unpaired) electrons. The lowest BCUT2D eigenvalue weighted by atomic mass is 10.1. The van der Waals surface area contributed by atoms with Gasteiger partial charge < -0.3 is 0 Å². The largest absolute Gasteiger partial charge is 0.303 e. The molecule has 0 fully saturated rings. The number of nitro benzene ring substituents is 2. The van der Waals surface area contributed by atoms with Crippen molar-refractivity contribution < 1.29 is 9.85 Å². The molecule has 2 rings (SSSR count). The Morgan fingerprint density at radius 1 is 0.773 bits per heavy atom. The molecule has 0 aliphatic rings. The molecule has 0 saturated carbocycles. The van der Waals surface area contributed by atoms with Gasteiger partial charge in [0, 0.05) is 0 Å². The number of para-hydroxylation sites is 2. The van der Waals surface area contributed by atoms with Crippen molar-refractivity contribution in [1.82, 2.24) is 0 Å². The van der Waals surface area contributed by atoms with E-state index < -0.39 is 9.85 Å². The van der Waals surface area contributed by atoms with E-state index in [-0.39, 0.29) is 32.5 Å². The standard InChI is InChI=1S/C14H6Cl2N2O4/c15-11-5-1-3-9(13(11)17(19)20)7-8-10-4-2-6-12(16)14(10)18(21)22/h1-6H. The smallest absolute Gasteiger partial charge is 0.258 e. The number of rotatable bonds is 2. The first-order valence-corrected chi connectivity index (χ1v) is 6.55. The predicted molar refractivity (Wildman–Crippen MR) is 82.2 cm³/mol. The van der Waals surface area contributed by atoms with Crippen molar-refractivity contribution in [3.63, 3.8) is 0 Å². The fourth-order valence-corrected chi connectivity index (χ4v) is 2.23. The number of nitro groups is 2. The van der Waals surface area contributed by atoms with Crippen LogP contribution in [0.15, 0.2) is 36.4 Å². The molecule has 0 N–H and O–H groups in total. The van der Waals surface area contributed by atoms with E-state index in [1.54, 1.807) is 0 Å². The molecule has 0 spiro atoms. The molecule has 0 saturated heterocycles. The molecular formula is C14H6Cl2N2O4. The number of hydrogen-bond acceptors (Lipinski definition) is 4. The molecule has 2 aromatic rings. The minimum Gasteiger partial charge on any atom is -0.258 e. The normalized spacial score (nSPS) is 9.73. The Kier molecular flexibility index (Phi) is 4.61. The first kappa shape index (κ1) is 15.8. The Bertz CT molecular complexity index is 773. The van der Waals surface area contributed by atoms with Gasteiger partial charge in [-0.2, -0.15) is 0 Å². The molecule has 0 heterocycles. The van der Waals surface area contributed by atoms with E-state index in [0.29, 0.717) is 0 Å². The van der Waals surface area contributed by atoms with Crippen molar-refractivity contribution in [3.8, 4) is 11.8 Å². The second kappa shape index (κ2) is 6.43. The molecule has 0 aliphatic carbocycles. The molecule has 0 aliphatic heterocycles. The highest BCUT2D eigenvalue weighted by Gasteiger charge is 2.19. The zero-order valence-corrected chi connectivity index (χ0v) is 12.3. The van der Waals surface area contributed by atoms with Gasteiger partial charge in [0.1, 0.15) is 21.2 Å². The molecule has 0 atom stereocenters. The first-order chi connectivity index (χ1) is 10.4. The summed E-state index contributed by atoms with van der Waals surface area (Å²) in [6, 6.07) is 8.57. The molecule has 22 heavy (non-hydrogen) atoms. The topological polar surface area (TPSA) is 86.3 Å². The molecule has 8 heteroatoms. The maximum atomic E-state index is 11.0. The Labute approximate surface area is 134 Å². The quantitative estimate of drug-likeness (QED) is 0.467. The molecule has 110 valence electrons. The fraction of sp³-hybridized carbons (Fsp3) is 0. The average Bonchev–Trinajstić information content (AvgIpc) is 2.44. The first-order valence-electron chi connectivity index (χ1n) is 5.79. The van der Waals surface area contributed by atoms with Gasteiger partial charge in [-0.15, -0.1) is 0 Å². The number of hydrogen-bond donors (Lipinski definition) is 0. The Morgan fingerprint density at radius 3 is 1.45 bits per heavy atom. The predicted octanol–water partition coefficient (Wildman–Crippen LogP) is 4.21. The molecule has 2 aromatic carbocycles. The Morgan fingerprint density at radius 2 is 1.14 bits per heavy atom. The maximum Gasteiger partial charge on any atom is 0.303 e. The van der Waals surface area contributed by atoms with E-state index in [4.69, 9.17) is 23.2 Å². The van der Waals surface area contributed by atoms with E-state index >= 15 is 0 Å². The van der Waals surface area contributed by atoms with Crippen molar-refractivity contribution in [2.24, 2.45) is 0 Å². The summed E-state index contributed by atoms with van der Waals surface area (Å²) in [6.07, 6.45) is 0. The minimum absolute atomic E-state index is 0.0580. The third kappa shape index (κ3) is 3.17.